The maximum Gasteiger partial charge on any atom is 0.214 e. The summed E-state index contributed by atoms with van der Waals surface area (Å²) in [4.78, 5) is 0. The predicted octanol–water partition coefficient (Wildman–Crippen LogP) is 1.57. The molecule has 1 rings (SSSR count). The summed E-state index contributed by atoms with van der Waals surface area (Å²) < 4.78 is 26.4. The highest BCUT2D eigenvalue weighted by Crippen LogP contribution is 2.22. The van der Waals surface area contributed by atoms with Gasteiger partial charge >= 0.3 is 0 Å². The van der Waals surface area contributed by atoms with E-state index < -0.39 is 10.0 Å². The molecule has 0 radical (unpaired) electrons. The van der Waals surface area contributed by atoms with Gasteiger partial charge in [0.05, 0.1) is 5.75 Å². The van der Waals surface area contributed by atoms with Crippen molar-refractivity contribution in [2.24, 2.45) is 11.7 Å². The molecule has 0 aliphatic carbocycles. The lowest BCUT2D eigenvalue weighted by molar-refractivity contribution is 0.255. The van der Waals surface area contributed by atoms with Crippen LogP contribution in [0.25, 0.3) is 0 Å². The van der Waals surface area contributed by atoms with Crippen LogP contribution in [0.5, 0.6) is 0 Å². The standard InChI is InChI=1S/C12H26N2O2S/c1-3-11(4-2)10-17(15,16)14-8-6-5-7-12(14)9-13/h11-12H,3-10,13H2,1-2H3. The molecule has 1 saturated heterocycles. The first kappa shape index (κ1) is 14.9. The van der Waals surface area contributed by atoms with Crippen LogP contribution >= 0.6 is 0 Å². The number of sulfonamides is 1. The van der Waals surface area contributed by atoms with Gasteiger partial charge in [0.15, 0.2) is 0 Å². The molecule has 1 atom stereocenters. The van der Waals surface area contributed by atoms with E-state index in [0.29, 0.717) is 13.1 Å². The minimum atomic E-state index is -3.11. The van der Waals surface area contributed by atoms with Crippen molar-refractivity contribution in [2.45, 2.75) is 52.0 Å². The maximum atomic E-state index is 12.4. The molecule has 0 aromatic rings. The van der Waals surface area contributed by atoms with Crippen molar-refractivity contribution >= 4 is 10.0 Å². The largest absolute Gasteiger partial charge is 0.329 e. The van der Waals surface area contributed by atoms with E-state index in [1.165, 1.54) is 0 Å². The molecular weight excluding hydrogens is 236 g/mol. The molecule has 1 aliphatic heterocycles. The molecule has 1 aliphatic rings. The third kappa shape index (κ3) is 3.93. The molecule has 4 nitrogen and oxygen atoms in total. The van der Waals surface area contributed by atoms with E-state index in [-0.39, 0.29) is 17.7 Å². The lowest BCUT2D eigenvalue weighted by Gasteiger charge is -2.34. The lowest BCUT2D eigenvalue weighted by atomic mass is 10.1. The minimum Gasteiger partial charge on any atom is -0.329 e. The van der Waals surface area contributed by atoms with Crippen LogP contribution in [0, 0.1) is 5.92 Å². The van der Waals surface area contributed by atoms with Gasteiger partial charge in [-0.25, -0.2) is 8.42 Å². The molecule has 0 aromatic carbocycles. The van der Waals surface area contributed by atoms with E-state index in [1.54, 1.807) is 4.31 Å². The molecule has 0 amide bonds. The molecule has 1 heterocycles. The highest BCUT2D eigenvalue weighted by molar-refractivity contribution is 7.89. The Hall–Kier alpha value is -0.130. The Bertz CT molecular complexity index is 312. The molecule has 2 N–H and O–H groups in total. The summed E-state index contributed by atoms with van der Waals surface area (Å²) in [5.74, 6) is 0.566. The van der Waals surface area contributed by atoms with Crippen LogP contribution < -0.4 is 5.73 Å². The van der Waals surface area contributed by atoms with E-state index >= 15 is 0 Å². The van der Waals surface area contributed by atoms with Crippen LogP contribution in [-0.2, 0) is 10.0 Å². The maximum absolute atomic E-state index is 12.4. The smallest absolute Gasteiger partial charge is 0.214 e. The fourth-order valence-corrected chi connectivity index (χ4v) is 4.81. The Morgan fingerprint density at radius 1 is 1.29 bits per heavy atom. The quantitative estimate of drug-likeness (QED) is 0.790. The molecule has 0 bridgehead atoms. The van der Waals surface area contributed by atoms with E-state index in [1.807, 2.05) is 0 Å². The summed E-state index contributed by atoms with van der Waals surface area (Å²) in [6, 6.07) is 0.0307. The summed E-state index contributed by atoms with van der Waals surface area (Å²) in [6.45, 7) is 5.22. The number of nitrogens with zero attached hydrogens (tertiary/aromatic N) is 1. The molecular formula is C12H26N2O2S. The van der Waals surface area contributed by atoms with Crippen LogP contribution in [-0.4, -0.2) is 37.6 Å². The number of piperidine rings is 1. The normalized spacial score (nSPS) is 23.2. The lowest BCUT2D eigenvalue weighted by Crippen LogP contribution is -2.48. The van der Waals surface area contributed by atoms with Crippen molar-refractivity contribution in [3.63, 3.8) is 0 Å². The first-order valence-electron chi connectivity index (χ1n) is 6.74. The summed E-state index contributed by atoms with van der Waals surface area (Å²) in [5, 5.41) is 0. The molecule has 0 spiro atoms. The van der Waals surface area contributed by atoms with Gasteiger partial charge in [-0.2, -0.15) is 4.31 Å². The average Bonchev–Trinajstić information content (AvgIpc) is 2.35. The van der Waals surface area contributed by atoms with Crippen molar-refractivity contribution in [2.75, 3.05) is 18.8 Å². The molecule has 1 fully saturated rings. The monoisotopic (exact) mass is 262 g/mol. The highest BCUT2D eigenvalue weighted by atomic mass is 32.2. The zero-order valence-electron chi connectivity index (χ0n) is 11.1. The van der Waals surface area contributed by atoms with Gasteiger partial charge < -0.3 is 5.73 Å². The molecule has 102 valence electrons. The Morgan fingerprint density at radius 3 is 2.47 bits per heavy atom. The Morgan fingerprint density at radius 2 is 1.94 bits per heavy atom. The van der Waals surface area contributed by atoms with Crippen LogP contribution in [0.1, 0.15) is 46.0 Å². The van der Waals surface area contributed by atoms with Crippen LogP contribution in [0.4, 0.5) is 0 Å². The Kier molecular flexibility index (Phi) is 5.89. The van der Waals surface area contributed by atoms with Crippen LogP contribution in [0.15, 0.2) is 0 Å². The molecule has 0 saturated carbocycles. The average molecular weight is 262 g/mol. The van der Waals surface area contributed by atoms with Gasteiger partial charge in [-0.1, -0.05) is 33.1 Å². The number of hydrogen-bond donors (Lipinski definition) is 1. The SMILES string of the molecule is CCC(CC)CS(=O)(=O)N1CCCCC1CN. The van der Waals surface area contributed by atoms with E-state index in [9.17, 15) is 8.42 Å². The zero-order valence-corrected chi connectivity index (χ0v) is 11.9. The van der Waals surface area contributed by atoms with Crippen LogP contribution in [0.3, 0.4) is 0 Å². The van der Waals surface area contributed by atoms with Gasteiger partial charge in [-0.3, -0.25) is 0 Å². The number of rotatable bonds is 6. The van der Waals surface area contributed by atoms with Gasteiger partial charge in [-0.15, -0.1) is 0 Å². The second-order valence-electron chi connectivity index (χ2n) is 4.96. The summed E-state index contributed by atoms with van der Waals surface area (Å²) in [5.41, 5.74) is 5.68. The van der Waals surface area contributed by atoms with E-state index in [4.69, 9.17) is 5.73 Å². The van der Waals surface area contributed by atoms with Crippen LogP contribution in [0.2, 0.25) is 0 Å². The second kappa shape index (κ2) is 6.71. The van der Waals surface area contributed by atoms with E-state index in [2.05, 4.69) is 13.8 Å². The van der Waals surface area contributed by atoms with Crippen molar-refractivity contribution in [3.05, 3.63) is 0 Å². The second-order valence-corrected chi connectivity index (χ2v) is 6.92. The molecule has 1 unspecified atom stereocenters. The van der Waals surface area contributed by atoms with Gasteiger partial charge in [0.1, 0.15) is 0 Å². The molecule has 0 aromatic heterocycles. The summed E-state index contributed by atoms with van der Waals surface area (Å²) in [6.07, 6.45) is 4.84. The predicted molar refractivity (Wildman–Crippen MR) is 71.3 cm³/mol. The first-order chi connectivity index (χ1) is 8.05. The van der Waals surface area contributed by atoms with Gasteiger partial charge in [0.25, 0.3) is 0 Å². The third-order valence-corrected chi connectivity index (χ3v) is 5.89. The fraction of sp³-hybridized carbons (Fsp3) is 1.00. The number of hydrogen-bond acceptors (Lipinski definition) is 3. The molecule has 5 heteroatoms. The minimum absolute atomic E-state index is 0.0307. The first-order valence-corrected chi connectivity index (χ1v) is 8.35. The fourth-order valence-electron chi connectivity index (χ4n) is 2.49. The van der Waals surface area contributed by atoms with Crippen molar-refractivity contribution in [1.82, 2.24) is 4.31 Å². The third-order valence-electron chi connectivity index (χ3n) is 3.80. The molecule has 17 heavy (non-hydrogen) atoms. The highest BCUT2D eigenvalue weighted by Gasteiger charge is 2.32. The Balaban J connectivity index is 2.73. The van der Waals surface area contributed by atoms with Gasteiger partial charge in [0, 0.05) is 19.1 Å². The topological polar surface area (TPSA) is 63.4 Å². The summed E-state index contributed by atoms with van der Waals surface area (Å²) >= 11 is 0. The van der Waals surface area contributed by atoms with Crippen molar-refractivity contribution < 1.29 is 8.42 Å². The summed E-state index contributed by atoms with van der Waals surface area (Å²) in [7, 11) is -3.11. The van der Waals surface area contributed by atoms with Crippen molar-refractivity contribution in [1.29, 1.82) is 0 Å². The number of nitrogens with two attached hydrogens (primary N) is 1. The Labute approximate surface area is 106 Å². The van der Waals surface area contributed by atoms with Gasteiger partial charge in [-0.05, 0) is 18.8 Å². The van der Waals surface area contributed by atoms with E-state index in [0.717, 1.165) is 32.1 Å². The van der Waals surface area contributed by atoms with Crippen molar-refractivity contribution in [3.8, 4) is 0 Å². The zero-order chi connectivity index (χ0) is 12.9. The van der Waals surface area contributed by atoms with Gasteiger partial charge in [0.2, 0.25) is 10.0 Å².